The molecule has 0 bridgehead atoms. The first kappa shape index (κ1) is 16.9. The lowest BCUT2D eigenvalue weighted by Gasteiger charge is -2.12. The summed E-state index contributed by atoms with van der Waals surface area (Å²) in [5, 5.41) is 2.92. The van der Waals surface area contributed by atoms with E-state index in [0.29, 0.717) is 23.5 Å². The standard InChI is InChI=1S/C15H18N4O3S/c1-4-12-9(2)17-15(13(19-12)14(16)20)18-10-6-5-7-11(8-10)23(3,21)22/h5-8H,4H2,1-3H3,(H2,16,20)(H,17,18). The van der Waals surface area contributed by atoms with Gasteiger partial charge in [0.2, 0.25) is 0 Å². The molecule has 0 aliphatic heterocycles. The summed E-state index contributed by atoms with van der Waals surface area (Å²) in [4.78, 5) is 20.3. The normalized spacial score (nSPS) is 11.3. The largest absolute Gasteiger partial charge is 0.364 e. The summed E-state index contributed by atoms with van der Waals surface area (Å²) in [6.45, 7) is 3.69. The van der Waals surface area contributed by atoms with Crippen molar-refractivity contribution in [2.24, 2.45) is 5.73 Å². The molecule has 1 amide bonds. The Balaban J connectivity index is 2.48. The number of nitrogens with one attached hydrogen (secondary N) is 1. The first-order valence-electron chi connectivity index (χ1n) is 6.96. The van der Waals surface area contributed by atoms with Gasteiger partial charge in [0.05, 0.1) is 16.3 Å². The average Bonchev–Trinajstić information content (AvgIpc) is 2.46. The highest BCUT2D eigenvalue weighted by molar-refractivity contribution is 7.90. The van der Waals surface area contributed by atoms with E-state index in [1.807, 2.05) is 6.92 Å². The molecule has 0 aliphatic rings. The van der Waals surface area contributed by atoms with E-state index in [-0.39, 0.29) is 16.4 Å². The number of carbonyl (C=O) groups excluding carboxylic acids is 1. The molecule has 122 valence electrons. The minimum Gasteiger partial charge on any atom is -0.364 e. The summed E-state index contributed by atoms with van der Waals surface area (Å²) in [7, 11) is -3.33. The third kappa shape index (κ3) is 3.84. The molecule has 0 saturated carbocycles. The Morgan fingerprint density at radius 3 is 2.57 bits per heavy atom. The number of aryl methyl sites for hydroxylation is 2. The smallest absolute Gasteiger partial charge is 0.271 e. The highest BCUT2D eigenvalue weighted by Gasteiger charge is 2.16. The van der Waals surface area contributed by atoms with Gasteiger partial charge in [-0.25, -0.2) is 18.4 Å². The number of hydrogen-bond donors (Lipinski definition) is 2. The Labute approximate surface area is 134 Å². The number of nitrogens with two attached hydrogens (primary N) is 1. The molecule has 0 atom stereocenters. The van der Waals surface area contributed by atoms with Gasteiger partial charge in [-0.05, 0) is 31.5 Å². The monoisotopic (exact) mass is 334 g/mol. The number of hydrogen-bond acceptors (Lipinski definition) is 6. The molecule has 0 fully saturated rings. The van der Waals surface area contributed by atoms with Crippen LogP contribution in [0.4, 0.5) is 11.5 Å². The number of amides is 1. The number of nitrogens with zero attached hydrogens (tertiary/aromatic N) is 2. The van der Waals surface area contributed by atoms with E-state index in [2.05, 4.69) is 15.3 Å². The van der Waals surface area contributed by atoms with Crippen molar-refractivity contribution in [2.45, 2.75) is 25.2 Å². The van der Waals surface area contributed by atoms with Crippen LogP contribution in [0.3, 0.4) is 0 Å². The van der Waals surface area contributed by atoms with Gasteiger partial charge in [0, 0.05) is 11.9 Å². The van der Waals surface area contributed by atoms with Gasteiger partial charge >= 0.3 is 0 Å². The molecule has 0 spiro atoms. The number of rotatable bonds is 5. The SMILES string of the molecule is CCc1nc(C(N)=O)c(Nc2cccc(S(C)(=O)=O)c2)nc1C. The third-order valence-electron chi connectivity index (χ3n) is 3.26. The van der Waals surface area contributed by atoms with Crippen LogP contribution in [0.15, 0.2) is 29.2 Å². The number of benzene rings is 1. The van der Waals surface area contributed by atoms with E-state index < -0.39 is 15.7 Å². The van der Waals surface area contributed by atoms with Crippen LogP contribution in [0.25, 0.3) is 0 Å². The van der Waals surface area contributed by atoms with E-state index in [0.717, 1.165) is 6.26 Å². The van der Waals surface area contributed by atoms with E-state index in [4.69, 9.17) is 5.73 Å². The molecular weight excluding hydrogens is 316 g/mol. The molecule has 3 N–H and O–H groups in total. The van der Waals surface area contributed by atoms with Gasteiger partial charge in [-0.15, -0.1) is 0 Å². The lowest BCUT2D eigenvalue weighted by Crippen LogP contribution is -2.18. The first-order valence-corrected chi connectivity index (χ1v) is 8.86. The zero-order valence-electron chi connectivity index (χ0n) is 13.1. The van der Waals surface area contributed by atoms with Crippen LogP contribution in [-0.2, 0) is 16.3 Å². The fourth-order valence-corrected chi connectivity index (χ4v) is 2.76. The second-order valence-corrected chi connectivity index (χ2v) is 7.11. The van der Waals surface area contributed by atoms with Crippen LogP contribution in [0, 0.1) is 6.92 Å². The summed E-state index contributed by atoms with van der Waals surface area (Å²) in [5.41, 5.74) is 7.24. The van der Waals surface area contributed by atoms with Gasteiger partial charge in [-0.3, -0.25) is 4.79 Å². The van der Waals surface area contributed by atoms with Crippen LogP contribution in [0.5, 0.6) is 0 Å². The fourth-order valence-electron chi connectivity index (χ4n) is 2.09. The zero-order valence-corrected chi connectivity index (χ0v) is 13.9. The summed E-state index contributed by atoms with van der Waals surface area (Å²) in [6.07, 6.45) is 1.75. The molecule has 0 unspecified atom stereocenters. The van der Waals surface area contributed by atoms with Crippen LogP contribution in [0.2, 0.25) is 0 Å². The Bertz CT molecular complexity index is 863. The highest BCUT2D eigenvalue weighted by Crippen LogP contribution is 2.22. The van der Waals surface area contributed by atoms with Gasteiger partial charge in [-0.2, -0.15) is 0 Å². The van der Waals surface area contributed by atoms with Gasteiger partial charge in [-0.1, -0.05) is 13.0 Å². The van der Waals surface area contributed by atoms with Crippen molar-refractivity contribution in [3.63, 3.8) is 0 Å². The minimum absolute atomic E-state index is 0.0252. The maximum atomic E-state index is 11.6. The Morgan fingerprint density at radius 2 is 2.00 bits per heavy atom. The quantitative estimate of drug-likeness (QED) is 0.858. The predicted octanol–water partition coefficient (Wildman–Crippen LogP) is 1.59. The maximum Gasteiger partial charge on any atom is 0.271 e. The minimum atomic E-state index is -3.33. The summed E-state index contributed by atoms with van der Waals surface area (Å²) >= 11 is 0. The van der Waals surface area contributed by atoms with Crippen LogP contribution >= 0.6 is 0 Å². The maximum absolute atomic E-state index is 11.6. The topological polar surface area (TPSA) is 115 Å². The first-order chi connectivity index (χ1) is 10.7. The molecule has 0 aliphatic carbocycles. The van der Waals surface area contributed by atoms with E-state index >= 15 is 0 Å². The number of aromatic nitrogens is 2. The van der Waals surface area contributed by atoms with E-state index in [9.17, 15) is 13.2 Å². The lowest BCUT2D eigenvalue weighted by atomic mass is 10.2. The second-order valence-electron chi connectivity index (χ2n) is 5.10. The van der Waals surface area contributed by atoms with Crippen molar-refractivity contribution < 1.29 is 13.2 Å². The van der Waals surface area contributed by atoms with Crippen molar-refractivity contribution in [3.05, 3.63) is 41.3 Å². The fraction of sp³-hybridized carbons (Fsp3) is 0.267. The van der Waals surface area contributed by atoms with Gasteiger partial charge < -0.3 is 11.1 Å². The predicted molar refractivity (Wildman–Crippen MR) is 87.5 cm³/mol. The number of anilines is 2. The molecule has 8 heteroatoms. The average molecular weight is 334 g/mol. The van der Waals surface area contributed by atoms with Crippen molar-refractivity contribution in [3.8, 4) is 0 Å². The van der Waals surface area contributed by atoms with Gasteiger partial charge in [0.1, 0.15) is 0 Å². The summed E-state index contributed by atoms with van der Waals surface area (Å²) in [6, 6.07) is 6.23. The van der Waals surface area contributed by atoms with Gasteiger partial charge in [0.25, 0.3) is 5.91 Å². The summed E-state index contributed by atoms with van der Waals surface area (Å²) in [5.74, 6) is -0.494. The summed E-state index contributed by atoms with van der Waals surface area (Å²) < 4.78 is 23.2. The Hall–Kier alpha value is -2.48. The Morgan fingerprint density at radius 1 is 1.30 bits per heavy atom. The van der Waals surface area contributed by atoms with Crippen LogP contribution in [-0.4, -0.2) is 30.5 Å². The van der Waals surface area contributed by atoms with Crippen molar-refractivity contribution >= 4 is 27.2 Å². The molecule has 1 heterocycles. The highest BCUT2D eigenvalue weighted by atomic mass is 32.2. The molecule has 0 radical (unpaired) electrons. The van der Waals surface area contributed by atoms with E-state index in [1.54, 1.807) is 19.1 Å². The molecule has 7 nitrogen and oxygen atoms in total. The molecule has 1 aromatic carbocycles. The molecule has 23 heavy (non-hydrogen) atoms. The lowest BCUT2D eigenvalue weighted by molar-refractivity contribution is 0.0996. The molecule has 0 saturated heterocycles. The molecular formula is C15H18N4O3S. The molecule has 1 aromatic heterocycles. The van der Waals surface area contributed by atoms with Gasteiger partial charge in [0.15, 0.2) is 21.3 Å². The van der Waals surface area contributed by atoms with E-state index in [1.165, 1.54) is 12.1 Å². The van der Waals surface area contributed by atoms with Crippen molar-refractivity contribution in [2.75, 3.05) is 11.6 Å². The molecule has 2 aromatic rings. The number of primary amides is 1. The zero-order chi connectivity index (χ0) is 17.2. The molecule has 2 rings (SSSR count). The van der Waals surface area contributed by atoms with Crippen molar-refractivity contribution in [1.29, 1.82) is 0 Å². The Kier molecular flexibility index (Phi) is 4.65. The number of carbonyl (C=O) groups is 1. The third-order valence-corrected chi connectivity index (χ3v) is 4.37. The van der Waals surface area contributed by atoms with Crippen LogP contribution < -0.4 is 11.1 Å². The van der Waals surface area contributed by atoms with Crippen molar-refractivity contribution in [1.82, 2.24) is 9.97 Å². The van der Waals surface area contributed by atoms with Crippen LogP contribution in [0.1, 0.15) is 28.8 Å². The number of sulfone groups is 1. The second kappa shape index (κ2) is 6.33.